The molecule has 2 atom stereocenters. The predicted octanol–water partition coefficient (Wildman–Crippen LogP) is 3.15. The number of anilines is 2. The normalized spacial score (nSPS) is 15.9. The summed E-state index contributed by atoms with van der Waals surface area (Å²) in [5.74, 6) is -1.47. The summed E-state index contributed by atoms with van der Waals surface area (Å²) in [7, 11) is 0. The second-order valence-corrected chi connectivity index (χ2v) is 8.52. The van der Waals surface area contributed by atoms with Crippen LogP contribution in [0, 0.1) is 6.92 Å². The molecule has 0 bridgehead atoms. The number of para-hydroxylation sites is 1. The van der Waals surface area contributed by atoms with Gasteiger partial charge >= 0.3 is 12.0 Å². The van der Waals surface area contributed by atoms with Crippen molar-refractivity contribution in [3.05, 3.63) is 59.7 Å². The molecule has 0 saturated carbocycles. The van der Waals surface area contributed by atoms with Crippen LogP contribution in [0.3, 0.4) is 0 Å². The van der Waals surface area contributed by atoms with Crippen LogP contribution in [0.25, 0.3) is 0 Å². The van der Waals surface area contributed by atoms with Gasteiger partial charge in [0.2, 0.25) is 11.8 Å². The highest BCUT2D eigenvalue weighted by molar-refractivity contribution is 6.00. The van der Waals surface area contributed by atoms with E-state index in [4.69, 9.17) is 5.11 Å². The second-order valence-electron chi connectivity index (χ2n) is 8.52. The topological polar surface area (TPSA) is 128 Å². The van der Waals surface area contributed by atoms with Gasteiger partial charge in [-0.05, 0) is 56.0 Å². The van der Waals surface area contributed by atoms with Crippen molar-refractivity contribution in [2.45, 2.75) is 51.6 Å². The number of carboxylic acids is 1. The predicted molar refractivity (Wildman–Crippen MR) is 129 cm³/mol. The Hall–Kier alpha value is -3.88. The number of benzene rings is 2. The van der Waals surface area contributed by atoms with Crippen molar-refractivity contribution < 1.29 is 24.3 Å². The highest BCUT2D eigenvalue weighted by Gasteiger charge is 2.34. The molecule has 1 fully saturated rings. The summed E-state index contributed by atoms with van der Waals surface area (Å²) in [4.78, 5) is 50.1. The minimum absolute atomic E-state index is 0.129. The standard InChI is InChI=1S/C25H30N4O5/c1-16-6-3-4-7-20(16)28-25(34)27-19-11-9-18(10-12-19)15-22(30)29-13-5-8-21(29)24(33)26-17(2)14-23(31)32/h3-4,6-7,9-12,17,21H,5,8,13-15H2,1-2H3,(H,26,33)(H,31,32)(H2,27,28,34)/t17-,21+/m1/s1. The molecule has 0 aromatic heterocycles. The van der Waals surface area contributed by atoms with Crippen molar-refractivity contribution >= 4 is 35.2 Å². The van der Waals surface area contributed by atoms with Crippen molar-refractivity contribution in [2.24, 2.45) is 0 Å². The molecule has 34 heavy (non-hydrogen) atoms. The zero-order valence-corrected chi connectivity index (χ0v) is 19.3. The Morgan fingerprint density at radius 1 is 1.06 bits per heavy atom. The van der Waals surface area contributed by atoms with Crippen LogP contribution in [0.15, 0.2) is 48.5 Å². The maximum Gasteiger partial charge on any atom is 0.323 e. The molecule has 9 heteroatoms. The number of hydrogen-bond donors (Lipinski definition) is 4. The molecule has 1 aliphatic heterocycles. The monoisotopic (exact) mass is 466 g/mol. The molecule has 4 N–H and O–H groups in total. The van der Waals surface area contributed by atoms with E-state index in [0.717, 1.165) is 23.2 Å². The smallest absolute Gasteiger partial charge is 0.323 e. The summed E-state index contributed by atoms with van der Waals surface area (Å²) >= 11 is 0. The van der Waals surface area contributed by atoms with E-state index in [-0.39, 0.29) is 30.7 Å². The van der Waals surface area contributed by atoms with E-state index in [9.17, 15) is 19.2 Å². The van der Waals surface area contributed by atoms with Crippen LogP contribution < -0.4 is 16.0 Å². The minimum Gasteiger partial charge on any atom is -0.481 e. The second kappa shape index (κ2) is 11.3. The summed E-state index contributed by atoms with van der Waals surface area (Å²) < 4.78 is 0. The van der Waals surface area contributed by atoms with Crippen LogP contribution >= 0.6 is 0 Å². The fourth-order valence-electron chi connectivity index (χ4n) is 3.97. The molecule has 1 heterocycles. The minimum atomic E-state index is -0.988. The maximum atomic E-state index is 12.9. The molecule has 3 rings (SSSR count). The first-order valence-electron chi connectivity index (χ1n) is 11.3. The Bertz CT molecular complexity index is 1050. The summed E-state index contributed by atoms with van der Waals surface area (Å²) in [6.07, 6.45) is 1.23. The van der Waals surface area contributed by atoms with E-state index >= 15 is 0 Å². The quantitative estimate of drug-likeness (QED) is 0.475. The summed E-state index contributed by atoms with van der Waals surface area (Å²) in [6, 6.07) is 13.0. The lowest BCUT2D eigenvalue weighted by atomic mass is 10.1. The summed E-state index contributed by atoms with van der Waals surface area (Å²) in [5, 5.41) is 17.1. The summed E-state index contributed by atoms with van der Waals surface area (Å²) in [5.41, 5.74) is 3.04. The fourth-order valence-corrected chi connectivity index (χ4v) is 3.97. The molecule has 9 nitrogen and oxygen atoms in total. The number of rotatable bonds is 8. The van der Waals surface area contributed by atoms with Gasteiger partial charge in [0.25, 0.3) is 0 Å². The molecule has 4 amide bonds. The molecule has 0 unspecified atom stereocenters. The lowest BCUT2D eigenvalue weighted by molar-refractivity contribution is -0.140. The van der Waals surface area contributed by atoms with E-state index in [1.165, 1.54) is 0 Å². The zero-order valence-electron chi connectivity index (χ0n) is 19.3. The maximum absolute atomic E-state index is 12.9. The SMILES string of the molecule is Cc1ccccc1NC(=O)Nc1ccc(CC(=O)N2CCC[C@H]2C(=O)N[C@H](C)CC(=O)O)cc1. The Morgan fingerprint density at radius 2 is 1.76 bits per heavy atom. The number of hydrogen-bond acceptors (Lipinski definition) is 4. The lowest BCUT2D eigenvalue weighted by Crippen LogP contribution is -2.49. The third-order valence-electron chi connectivity index (χ3n) is 5.71. The van der Waals surface area contributed by atoms with Gasteiger partial charge in [0.15, 0.2) is 0 Å². The molecule has 180 valence electrons. The molecule has 1 aliphatic rings. The zero-order chi connectivity index (χ0) is 24.7. The van der Waals surface area contributed by atoms with Crippen molar-refractivity contribution in [2.75, 3.05) is 17.2 Å². The van der Waals surface area contributed by atoms with Crippen molar-refractivity contribution in [1.29, 1.82) is 0 Å². The Labute approximate surface area is 198 Å². The van der Waals surface area contributed by atoms with Gasteiger partial charge in [-0.2, -0.15) is 0 Å². The summed E-state index contributed by atoms with van der Waals surface area (Å²) in [6.45, 7) is 4.03. The first-order valence-corrected chi connectivity index (χ1v) is 11.3. The van der Waals surface area contributed by atoms with E-state index in [1.807, 2.05) is 31.2 Å². The number of likely N-dealkylation sites (tertiary alicyclic amines) is 1. The van der Waals surface area contributed by atoms with Gasteiger partial charge in [-0.25, -0.2) is 4.79 Å². The van der Waals surface area contributed by atoms with E-state index in [1.54, 1.807) is 36.1 Å². The van der Waals surface area contributed by atoms with E-state index < -0.39 is 18.1 Å². The molecule has 1 saturated heterocycles. The number of carbonyl (C=O) groups is 4. The van der Waals surface area contributed by atoms with E-state index in [2.05, 4.69) is 16.0 Å². The van der Waals surface area contributed by atoms with Gasteiger partial charge in [0, 0.05) is 24.0 Å². The molecular weight excluding hydrogens is 436 g/mol. The Kier molecular flexibility index (Phi) is 8.24. The average Bonchev–Trinajstić information content (AvgIpc) is 3.26. The lowest BCUT2D eigenvalue weighted by Gasteiger charge is -2.25. The van der Waals surface area contributed by atoms with Crippen LogP contribution in [0.4, 0.5) is 16.2 Å². The average molecular weight is 467 g/mol. The highest BCUT2D eigenvalue weighted by atomic mass is 16.4. The number of aryl methyl sites for hydroxylation is 1. The molecular formula is C25H30N4O5. The molecule has 0 radical (unpaired) electrons. The van der Waals surface area contributed by atoms with Crippen LogP contribution in [-0.2, 0) is 20.8 Å². The number of aliphatic carboxylic acids is 1. The number of amides is 4. The number of nitrogens with one attached hydrogen (secondary N) is 3. The Balaban J connectivity index is 1.53. The van der Waals surface area contributed by atoms with Crippen LogP contribution in [0.1, 0.15) is 37.3 Å². The van der Waals surface area contributed by atoms with Crippen molar-refractivity contribution in [1.82, 2.24) is 10.2 Å². The van der Waals surface area contributed by atoms with Gasteiger partial charge in [-0.15, -0.1) is 0 Å². The number of nitrogens with zero attached hydrogens (tertiary/aromatic N) is 1. The fraction of sp³-hybridized carbons (Fsp3) is 0.360. The van der Waals surface area contributed by atoms with Gasteiger partial charge < -0.3 is 26.0 Å². The van der Waals surface area contributed by atoms with Crippen molar-refractivity contribution in [3.8, 4) is 0 Å². The van der Waals surface area contributed by atoms with Crippen molar-refractivity contribution in [3.63, 3.8) is 0 Å². The van der Waals surface area contributed by atoms with Gasteiger partial charge in [-0.3, -0.25) is 14.4 Å². The van der Waals surface area contributed by atoms with Gasteiger partial charge in [0.05, 0.1) is 12.8 Å². The van der Waals surface area contributed by atoms with Crippen LogP contribution in [0.5, 0.6) is 0 Å². The number of carbonyl (C=O) groups excluding carboxylic acids is 3. The third kappa shape index (κ3) is 6.81. The molecule has 2 aromatic rings. The molecule has 0 spiro atoms. The van der Waals surface area contributed by atoms with Crippen LogP contribution in [-0.4, -0.2) is 52.4 Å². The first kappa shape index (κ1) is 24.8. The highest BCUT2D eigenvalue weighted by Crippen LogP contribution is 2.20. The Morgan fingerprint density at radius 3 is 2.44 bits per heavy atom. The van der Waals surface area contributed by atoms with Gasteiger partial charge in [0.1, 0.15) is 6.04 Å². The molecule has 0 aliphatic carbocycles. The first-order chi connectivity index (χ1) is 16.2. The van der Waals surface area contributed by atoms with Gasteiger partial charge in [-0.1, -0.05) is 30.3 Å². The van der Waals surface area contributed by atoms with E-state index in [0.29, 0.717) is 18.7 Å². The number of carboxylic acid groups (broad SMARTS) is 1. The third-order valence-corrected chi connectivity index (χ3v) is 5.71. The largest absolute Gasteiger partial charge is 0.481 e. The number of urea groups is 1. The van der Waals surface area contributed by atoms with Crippen LogP contribution in [0.2, 0.25) is 0 Å². The molecule has 2 aromatic carbocycles.